The number of fused-ring (bicyclic) bond motifs is 1. The molecule has 1 amide bonds. The van der Waals surface area contributed by atoms with E-state index in [4.69, 9.17) is 14.2 Å². The van der Waals surface area contributed by atoms with Gasteiger partial charge in [0.2, 0.25) is 5.91 Å². The van der Waals surface area contributed by atoms with E-state index in [0.717, 1.165) is 39.2 Å². The second-order valence-corrected chi connectivity index (χ2v) is 6.93. The summed E-state index contributed by atoms with van der Waals surface area (Å²) in [6.45, 7) is 1.76. The lowest BCUT2D eigenvalue weighted by Gasteiger charge is -2.13. The molecule has 6 heteroatoms. The number of hydrogen-bond acceptors (Lipinski definition) is 4. The molecule has 1 heterocycles. The summed E-state index contributed by atoms with van der Waals surface area (Å²) in [5.41, 5.74) is 2.75. The number of nitrogens with one attached hydrogen (secondary N) is 1. The SMILES string of the molecule is COCc1c(Br)cccc1NC(=O)CCc1ccc2c(c1)OCCCO2. The number of carbonyl (C=O) groups excluding carboxylic acids is 1. The molecule has 1 aliphatic heterocycles. The molecule has 0 saturated heterocycles. The Hall–Kier alpha value is -2.05. The number of aryl methyl sites for hydroxylation is 1. The van der Waals surface area contributed by atoms with E-state index in [1.54, 1.807) is 7.11 Å². The van der Waals surface area contributed by atoms with Crippen molar-refractivity contribution in [3.63, 3.8) is 0 Å². The first-order valence-electron chi connectivity index (χ1n) is 8.62. The van der Waals surface area contributed by atoms with Gasteiger partial charge in [0.1, 0.15) is 0 Å². The van der Waals surface area contributed by atoms with Crippen molar-refractivity contribution in [3.05, 3.63) is 52.0 Å². The van der Waals surface area contributed by atoms with Crippen molar-refractivity contribution in [2.75, 3.05) is 25.6 Å². The summed E-state index contributed by atoms with van der Waals surface area (Å²) in [5, 5.41) is 2.97. The summed E-state index contributed by atoms with van der Waals surface area (Å²) in [6, 6.07) is 11.6. The van der Waals surface area contributed by atoms with E-state index in [1.807, 2.05) is 36.4 Å². The topological polar surface area (TPSA) is 56.8 Å². The number of hydrogen-bond donors (Lipinski definition) is 1. The summed E-state index contributed by atoms with van der Waals surface area (Å²) in [7, 11) is 1.63. The van der Waals surface area contributed by atoms with Gasteiger partial charge in [-0.3, -0.25) is 4.79 Å². The number of rotatable bonds is 6. The van der Waals surface area contributed by atoms with E-state index < -0.39 is 0 Å². The summed E-state index contributed by atoms with van der Waals surface area (Å²) in [6.07, 6.45) is 1.90. The molecule has 1 N–H and O–H groups in total. The molecular weight excluding hydrogens is 398 g/mol. The van der Waals surface area contributed by atoms with Crippen LogP contribution in [0.5, 0.6) is 11.5 Å². The number of benzene rings is 2. The minimum absolute atomic E-state index is 0.0347. The molecule has 0 saturated carbocycles. The highest BCUT2D eigenvalue weighted by atomic mass is 79.9. The van der Waals surface area contributed by atoms with Crippen LogP contribution in [0, 0.1) is 0 Å². The molecule has 2 aromatic carbocycles. The lowest BCUT2D eigenvalue weighted by Crippen LogP contribution is -2.14. The lowest BCUT2D eigenvalue weighted by atomic mass is 10.1. The Bertz CT molecular complexity index is 778. The fourth-order valence-corrected chi connectivity index (χ4v) is 3.28. The Labute approximate surface area is 161 Å². The van der Waals surface area contributed by atoms with Crippen molar-refractivity contribution in [2.45, 2.75) is 25.9 Å². The molecule has 26 heavy (non-hydrogen) atoms. The van der Waals surface area contributed by atoms with Crippen LogP contribution in [0.1, 0.15) is 24.0 Å². The van der Waals surface area contributed by atoms with Crippen LogP contribution in [0.3, 0.4) is 0 Å². The first-order valence-corrected chi connectivity index (χ1v) is 9.41. The van der Waals surface area contributed by atoms with Gasteiger partial charge in [-0.2, -0.15) is 0 Å². The predicted octanol–water partition coefficient (Wildman–Crippen LogP) is 4.33. The highest BCUT2D eigenvalue weighted by molar-refractivity contribution is 9.10. The number of halogens is 1. The van der Waals surface area contributed by atoms with E-state index in [1.165, 1.54) is 0 Å². The van der Waals surface area contributed by atoms with Crippen LogP contribution in [0.15, 0.2) is 40.9 Å². The normalized spacial score (nSPS) is 13.2. The van der Waals surface area contributed by atoms with Gasteiger partial charge in [0.25, 0.3) is 0 Å². The fraction of sp³-hybridized carbons (Fsp3) is 0.350. The number of anilines is 1. The smallest absolute Gasteiger partial charge is 0.224 e. The predicted molar refractivity (Wildman–Crippen MR) is 104 cm³/mol. The molecule has 0 aromatic heterocycles. The molecule has 0 spiro atoms. The molecule has 0 fully saturated rings. The van der Waals surface area contributed by atoms with Crippen molar-refractivity contribution in [1.82, 2.24) is 0 Å². The van der Waals surface area contributed by atoms with Gasteiger partial charge in [0.05, 0.1) is 19.8 Å². The monoisotopic (exact) mass is 419 g/mol. The van der Waals surface area contributed by atoms with Crippen LogP contribution in [-0.2, 0) is 22.6 Å². The average molecular weight is 420 g/mol. The molecular formula is C20H22BrNO4. The standard InChI is InChI=1S/C20H22BrNO4/c1-24-13-15-16(21)4-2-5-17(15)22-20(23)9-7-14-6-8-18-19(12-14)26-11-3-10-25-18/h2,4-6,8,12H,3,7,9-11,13H2,1H3,(H,22,23). The van der Waals surface area contributed by atoms with E-state index in [-0.39, 0.29) is 5.91 Å². The molecule has 3 rings (SSSR count). The van der Waals surface area contributed by atoms with Crippen LogP contribution in [0.2, 0.25) is 0 Å². The maximum atomic E-state index is 12.4. The van der Waals surface area contributed by atoms with E-state index in [9.17, 15) is 4.79 Å². The number of carbonyl (C=O) groups is 1. The fourth-order valence-electron chi connectivity index (χ4n) is 2.80. The van der Waals surface area contributed by atoms with Gasteiger partial charge >= 0.3 is 0 Å². The number of methoxy groups -OCH3 is 1. The molecule has 1 aliphatic rings. The molecule has 0 radical (unpaired) electrons. The Morgan fingerprint density at radius 1 is 1.19 bits per heavy atom. The Kier molecular flexibility index (Phi) is 6.52. The largest absolute Gasteiger partial charge is 0.490 e. The van der Waals surface area contributed by atoms with Gasteiger partial charge in [-0.1, -0.05) is 28.1 Å². The van der Waals surface area contributed by atoms with Crippen LogP contribution in [0.25, 0.3) is 0 Å². The third-order valence-corrected chi connectivity index (χ3v) is 4.88. The van der Waals surface area contributed by atoms with Gasteiger partial charge in [-0.05, 0) is 36.2 Å². The van der Waals surface area contributed by atoms with Crippen LogP contribution >= 0.6 is 15.9 Å². The second-order valence-electron chi connectivity index (χ2n) is 6.08. The molecule has 138 valence electrons. The van der Waals surface area contributed by atoms with Gasteiger partial charge in [-0.25, -0.2) is 0 Å². The van der Waals surface area contributed by atoms with E-state index in [2.05, 4.69) is 21.2 Å². The maximum Gasteiger partial charge on any atom is 0.224 e. The van der Waals surface area contributed by atoms with Gasteiger partial charge in [-0.15, -0.1) is 0 Å². The molecule has 5 nitrogen and oxygen atoms in total. The Balaban J connectivity index is 1.61. The summed E-state index contributed by atoms with van der Waals surface area (Å²) in [5.74, 6) is 1.50. The van der Waals surface area contributed by atoms with Crippen molar-refractivity contribution in [1.29, 1.82) is 0 Å². The van der Waals surface area contributed by atoms with Gasteiger partial charge < -0.3 is 19.5 Å². The van der Waals surface area contributed by atoms with Crippen LogP contribution < -0.4 is 14.8 Å². The third-order valence-electron chi connectivity index (χ3n) is 4.13. The minimum atomic E-state index is -0.0347. The lowest BCUT2D eigenvalue weighted by molar-refractivity contribution is -0.116. The summed E-state index contributed by atoms with van der Waals surface area (Å²) in [4.78, 5) is 12.4. The second kappa shape index (κ2) is 9.05. The minimum Gasteiger partial charge on any atom is -0.490 e. The zero-order valence-corrected chi connectivity index (χ0v) is 16.3. The van der Waals surface area contributed by atoms with Crippen molar-refractivity contribution in [3.8, 4) is 11.5 Å². The first-order chi connectivity index (χ1) is 12.7. The quantitative estimate of drug-likeness (QED) is 0.756. The van der Waals surface area contributed by atoms with Crippen LogP contribution in [-0.4, -0.2) is 26.2 Å². The van der Waals surface area contributed by atoms with Crippen molar-refractivity contribution in [2.24, 2.45) is 0 Å². The van der Waals surface area contributed by atoms with Gasteiger partial charge in [0, 0.05) is 35.7 Å². The van der Waals surface area contributed by atoms with Crippen LogP contribution in [0.4, 0.5) is 5.69 Å². The van der Waals surface area contributed by atoms with Crippen molar-refractivity contribution >= 4 is 27.5 Å². The highest BCUT2D eigenvalue weighted by Crippen LogP contribution is 2.31. The highest BCUT2D eigenvalue weighted by Gasteiger charge is 2.13. The zero-order valence-electron chi connectivity index (χ0n) is 14.7. The number of amides is 1. The third kappa shape index (κ3) is 4.77. The van der Waals surface area contributed by atoms with E-state index in [0.29, 0.717) is 32.7 Å². The molecule has 2 aromatic rings. The zero-order chi connectivity index (χ0) is 18.4. The summed E-state index contributed by atoms with van der Waals surface area (Å²) >= 11 is 3.50. The maximum absolute atomic E-state index is 12.4. The van der Waals surface area contributed by atoms with E-state index >= 15 is 0 Å². The molecule has 0 unspecified atom stereocenters. The molecule has 0 bridgehead atoms. The Morgan fingerprint density at radius 2 is 2.00 bits per heavy atom. The molecule has 0 atom stereocenters. The van der Waals surface area contributed by atoms with Crippen molar-refractivity contribution < 1.29 is 19.0 Å². The summed E-state index contributed by atoms with van der Waals surface area (Å²) < 4.78 is 17.5. The number of ether oxygens (including phenoxy) is 3. The first kappa shape index (κ1) is 18.7. The van der Waals surface area contributed by atoms with Gasteiger partial charge in [0.15, 0.2) is 11.5 Å². The average Bonchev–Trinajstić information content (AvgIpc) is 2.88. The Morgan fingerprint density at radius 3 is 2.81 bits per heavy atom. The molecule has 0 aliphatic carbocycles.